The van der Waals surface area contributed by atoms with Gasteiger partial charge in [-0.3, -0.25) is 10.1 Å². The van der Waals surface area contributed by atoms with Crippen LogP contribution in [0.4, 0.5) is 5.69 Å². The minimum atomic E-state index is -0.397. The normalized spacial score (nSPS) is 12.1. The first-order chi connectivity index (χ1) is 9.56. The Morgan fingerprint density at radius 2 is 1.95 bits per heavy atom. The fraction of sp³-hybridized carbons (Fsp3) is 0.200. The van der Waals surface area contributed by atoms with Crippen LogP contribution in [0.3, 0.4) is 0 Å². The quantitative estimate of drug-likeness (QED) is 0.666. The molecule has 0 unspecified atom stereocenters. The minimum Gasteiger partial charge on any atom is -0.306 e. The molecule has 0 heterocycles. The summed E-state index contributed by atoms with van der Waals surface area (Å²) >= 11 is 5.96. The van der Waals surface area contributed by atoms with Crippen molar-refractivity contribution in [2.45, 2.75) is 19.5 Å². The summed E-state index contributed by atoms with van der Waals surface area (Å²) in [5.41, 5.74) is 2.22. The monoisotopic (exact) mass is 290 g/mol. The van der Waals surface area contributed by atoms with Gasteiger partial charge in [0.2, 0.25) is 0 Å². The third-order valence-corrected chi connectivity index (χ3v) is 3.34. The van der Waals surface area contributed by atoms with E-state index in [0.29, 0.717) is 11.6 Å². The highest BCUT2D eigenvalue weighted by atomic mass is 35.5. The van der Waals surface area contributed by atoms with E-state index in [1.54, 1.807) is 12.1 Å². The van der Waals surface area contributed by atoms with Gasteiger partial charge in [0.1, 0.15) is 0 Å². The van der Waals surface area contributed by atoms with Gasteiger partial charge in [0.25, 0.3) is 5.69 Å². The van der Waals surface area contributed by atoms with Gasteiger partial charge in [0, 0.05) is 29.7 Å². The number of nitro benzene ring substituents is 1. The van der Waals surface area contributed by atoms with Gasteiger partial charge in [-0.1, -0.05) is 35.9 Å². The van der Waals surface area contributed by atoms with E-state index < -0.39 is 4.92 Å². The minimum absolute atomic E-state index is 0.108. The van der Waals surface area contributed by atoms with Gasteiger partial charge >= 0.3 is 0 Å². The van der Waals surface area contributed by atoms with Gasteiger partial charge in [-0.25, -0.2) is 0 Å². The van der Waals surface area contributed by atoms with Crippen molar-refractivity contribution < 1.29 is 4.92 Å². The molecule has 20 heavy (non-hydrogen) atoms. The van der Waals surface area contributed by atoms with E-state index in [9.17, 15) is 10.1 Å². The first-order valence-corrected chi connectivity index (χ1v) is 6.66. The molecule has 2 aromatic rings. The lowest BCUT2D eigenvalue weighted by Crippen LogP contribution is -2.18. The van der Waals surface area contributed by atoms with E-state index >= 15 is 0 Å². The van der Waals surface area contributed by atoms with Crippen LogP contribution in [0.5, 0.6) is 0 Å². The zero-order valence-electron chi connectivity index (χ0n) is 11.0. The maximum atomic E-state index is 10.6. The second-order valence-corrected chi connectivity index (χ2v) is 5.02. The van der Waals surface area contributed by atoms with Gasteiger partial charge in [-0.05, 0) is 30.2 Å². The van der Waals surface area contributed by atoms with E-state index in [1.807, 2.05) is 24.3 Å². The lowest BCUT2D eigenvalue weighted by Gasteiger charge is -2.14. The van der Waals surface area contributed by atoms with Crippen LogP contribution >= 0.6 is 11.6 Å². The molecule has 0 spiro atoms. The van der Waals surface area contributed by atoms with Gasteiger partial charge in [0.05, 0.1) is 4.92 Å². The van der Waals surface area contributed by atoms with Crippen LogP contribution in [0, 0.1) is 10.1 Å². The molecular weight excluding hydrogens is 276 g/mol. The van der Waals surface area contributed by atoms with E-state index in [4.69, 9.17) is 11.6 Å². The standard InChI is InChI=1S/C15H15ClN2O2/c1-11(13-3-2-4-14(16)9-13)17-10-12-5-7-15(8-6-12)18(19)20/h2-9,11,17H,10H2,1H3/t11-/m0/s1. The number of nitrogens with one attached hydrogen (secondary N) is 1. The van der Waals surface area contributed by atoms with Crippen molar-refractivity contribution in [2.24, 2.45) is 0 Å². The Hall–Kier alpha value is -1.91. The summed E-state index contributed by atoms with van der Waals surface area (Å²) in [6, 6.07) is 14.4. The average Bonchev–Trinajstić information content (AvgIpc) is 2.45. The van der Waals surface area contributed by atoms with Crippen LogP contribution in [-0.4, -0.2) is 4.92 Å². The third-order valence-electron chi connectivity index (χ3n) is 3.11. The first-order valence-electron chi connectivity index (χ1n) is 6.28. The summed E-state index contributed by atoms with van der Waals surface area (Å²) in [6.45, 7) is 2.70. The van der Waals surface area contributed by atoms with Crippen molar-refractivity contribution in [3.63, 3.8) is 0 Å². The molecule has 0 saturated carbocycles. The van der Waals surface area contributed by atoms with E-state index in [0.717, 1.165) is 11.1 Å². The molecule has 0 saturated heterocycles. The maximum absolute atomic E-state index is 10.6. The van der Waals surface area contributed by atoms with Gasteiger partial charge in [-0.15, -0.1) is 0 Å². The smallest absolute Gasteiger partial charge is 0.269 e. The highest BCUT2D eigenvalue weighted by Gasteiger charge is 2.07. The molecule has 0 aromatic heterocycles. The molecule has 2 rings (SSSR count). The number of non-ortho nitro benzene ring substituents is 1. The zero-order chi connectivity index (χ0) is 14.5. The van der Waals surface area contributed by atoms with Crippen molar-refractivity contribution in [1.82, 2.24) is 5.32 Å². The molecule has 0 aliphatic carbocycles. The number of hydrogen-bond acceptors (Lipinski definition) is 3. The van der Waals surface area contributed by atoms with Gasteiger partial charge < -0.3 is 5.32 Å². The number of nitrogens with zero attached hydrogens (tertiary/aromatic N) is 1. The molecule has 0 radical (unpaired) electrons. The summed E-state index contributed by atoms with van der Waals surface area (Å²) in [7, 11) is 0. The zero-order valence-corrected chi connectivity index (χ0v) is 11.8. The molecule has 0 amide bonds. The Labute approximate surface area is 122 Å². The summed E-state index contributed by atoms with van der Waals surface area (Å²) in [5.74, 6) is 0. The predicted molar refractivity (Wildman–Crippen MR) is 79.8 cm³/mol. The Bertz CT molecular complexity index is 599. The fourth-order valence-electron chi connectivity index (χ4n) is 1.90. The Balaban J connectivity index is 1.96. The SMILES string of the molecule is C[C@H](NCc1ccc([N+](=O)[O-])cc1)c1cccc(Cl)c1. The van der Waals surface area contributed by atoms with Crippen LogP contribution in [0.15, 0.2) is 48.5 Å². The van der Waals surface area contributed by atoms with E-state index in [1.165, 1.54) is 12.1 Å². The van der Waals surface area contributed by atoms with E-state index in [2.05, 4.69) is 12.2 Å². The number of hydrogen-bond donors (Lipinski definition) is 1. The topological polar surface area (TPSA) is 55.2 Å². The lowest BCUT2D eigenvalue weighted by atomic mass is 10.1. The number of halogens is 1. The van der Waals surface area contributed by atoms with Crippen molar-refractivity contribution in [3.8, 4) is 0 Å². The largest absolute Gasteiger partial charge is 0.306 e. The Morgan fingerprint density at radius 3 is 2.55 bits per heavy atom. The molecule has 104 valence electrons. The van der Waals surface area contributed by atoms with Crippen LogP contribution < -0.4 is 5.32 Å². The molecule has 0 fully saturated rings. The Kier molecular flexibility index (Phi) is 4.71. The summed E-state index contributed by atoms with van der Waals surface area (Å²) in [4.78, 5) is 10.2. The Morgan fingerprint density at radius 1 is 1.25 bits per heavy atom. The van der Waals surface area contributed by atoms with Crippen LogP contribution in [0.25, 0.3) is 0 Å². The number of nitro groups is 1. The molecule has 5 heteroatoms. The summed E-state index contributed by atoms with van der Waals surface area (Å²) in [5, 5.41) is 14.6. The molecule has 0 aliphatic rings. The maximum Gasteiger partial charge on any atom is 0.269 e. The third kappa shape index (κ3) is 3.79. The van der Waals surface area contributed by atoms with Crippen molar-refractivity contribution in [3.05, 3.63) is 74.8 Å². The number of rotatable bonds is 5. The summed E-state index contributed by atoms with van der Waals surface area (Å²) in [6.07, 6.45) is 0. The second kappa shape index (κ2) is 6.50. The van der Waals surface area contributed by atoms with Gasteiger partial charge in [-0.2, -0.15) is 0 Å². The van der Waals surface area contributed by atoms with E-state index in [-0.39, 0.29) is 11.7 Å². The van der Waals surface area contributed by atoms with Gasteiger partial charge in [0.15, 0.2) is 0 Å². The van der Waals surface area contributed by atoms with Crippen LogP contribution in [-0.2, 0) is 6.54 Å². The molecule has 2 aromatic carbocycles. The molecule has 0 bridgehead atoms. The predicted octanol–water partition coefficient (Wildman–Crippen LogP) is 4.10. The van der Waals surface area contributed by atoms with Crippen molar-refractivity contribution >= 4 is 17.3 Å². The second-order valence-electron chi connectivity index (χ2n) is 4.58. The highest BCUT2D eigenvalue weighted by molar-refractivity contribution is 6.30. The molecular formula is C15H15ClN2O2. The van der Waals surface area contributed by atoms with Crippen molar-refractivity contribution in [1.29, 1.82) is 0 Å². The first kappa shape index (κ1) is 14.5. The molecule has 1 N–H and O–H groups in total. The molecule has 0 aliphatic heterocycles. The van der Waals surface area contributed by atoms with Crippen LogP contribution in [0.2, 0.25) is 5.02 Å². The molecule has 4 nitrogen and oxygen atoms in total. The number of benzene rings is 2. The fourth-order valence-corrected chi connectivity index (χ4v) is 2.10. The van der Waals surface area contributed by atoms with Crippen molar-refractivity contribution in [2.75, 3.05) is 0 Å². The average molecular weight is 291 g/mol. The van der Waals surface area contributed by atoms with Crippen LogP contribution in [0.1, 0.15) is 24.1 Å². The molecule has 1 atom stereocenters. The summed E-state index contributed by atoms with van der Waals surface area (Å²) < 4.78 is 0. The highest BCUT2D eigenvalue weighted by Crippen LogP contribution is 2.18. The lowest BCUT2D eigenvalue weighted by molar-refractivity contribution is -0.384.